The SMILES string of the molecule is CCNC12CC3CC(C1)CC(c1ccc(C)o1)(C3)C2. The summed E-state index contributed by atoms with van der Waals surface area (Å²) in [6.45, 7) is 5.43. The summed E-state index contributed by atoms with van der Waals surface area (Å²) in [4.78, 5) is 0. The molecule has 4 saturated carbocycles. The molecule has 0 spiro atoms. The molecule has 4 aliphatic carbocycles. The van der Waals surface area contributed by atoms with Crippen molar-refractivity contribution < 1.29 is 4.42 Å². The average Bonchev–Trinajstić information content (AvgIpc) is 2.74. The van der Waals surface area contributed by atoms with Crippen molar-refractivity contribution in [1.82, 2.24) is 5.32 Å². The summed E-state index contributed by atoms with van der Waals surface area (Å²) < 4.78 is 6.06. The Kier molecular flexibility index (Phi) is 2.45. The second-order valence-electron chi connectivity index (χ2n) is 7.46. The third-order valence-electron chi connectivity index (χ3n) is 5.88. The molecule has 4 aliphatic rings. The summed E-state index contributed by atoms with van der Waals surface area (Å²) in [6.07, 6.45) is 8.30. The van der Waals surface area contributed by atoms with Crippen LogP contribution in [0.4, 0.5) is 0 Å². The normalized spacial score (nSPS) is 43.9. The fraction of sp³-hybridized carbons (Fsp3) is 0.765. The summed E-state index contributed by atoms with van der Waals surface area (Å²) in [5.74, 6) is 4.20. The first-order valence-corrected chi connectivity index (χ1v) is 7.95. The highest BCUT2D eigenvalue weighted by molar-refractivity contribution is 5.26. The lowest BCUT2D eigenvalue weighted by Gasteiger charge is -2.61. The molecular weight excluding hydrogens is 234 g/mol. The first kappa shape index (κ1) is 12.0. The van der Waals surface area contributed by atoms with Crippen LogP contribution in [0, 0.1) is 18.8 Å². The van der Waals surface area contributed by atoms with Gasteiger partial charge >= 0.3 is 0 Å². The van der Waals surface area contributed by atoms with E-state index in [-0.39, 0.29) is 0 Å². The average molecular weight is 259 g/mol. The van der Waals surface area contributed by atoms with Gasteiger partial charge in [0.15, 0.2) is 0 Å². The van der Waals surface area contributed by atoms with Gasteiger partial charge in [-0.1, -0.05) is 6.92 Å². The van der Waals surface area contributed by atoms with Crippen molar-refractivity contribution in [2.45, 2.75) is 63.3 Å². The molecule has 1 N–H and O–H groups in total. The summed E-state index contributed by atoms with van der Waals surface area (Å²) >= 11 is 0. The molecule has 0 amide bonds. The molecule has 19 heavy (non-hydrogen) atoms. The van der Waals surface area contributed by atoms with Gasteiger partial charge in [-0.15, -0.1) is 0 Å². The van der Waals surface area contributed by atoms with Crippen LogP contribution in [-0.2, 0) is 5.41 Å². The molecule has 2 nitrogen and oxygen atoms in total. The maximum atomic E-state index is 6.06. The molecule has 104 valence electrons. The van der Waals surface area contributed by atoms with Crippen LogP contribution in [0.3, 0.4) is 0 Å². The maximum absolute atomic E-state index is 6.06. The predicted molar refractivity (Wildman–Crippen MR) is 76.2 cm³/mol. The molecule has 1 aromatic rings. The van der Waals surface area contributed by atoms with Crippen molar-refractivity contribution in [2.75, 3.05) is 6.54 Å². The molecule has 1 aromatic heterocycles. The van der Waals surface area contributed by atoms with Gasteiger partial charge in [0.05, 0.1) is 0 Å². The van der Waals surface area contributed by atoms with Crippen LogP contribution in [0.25, 0.3) is 0 Å². The van der Waals surface area contributed by atoms with E-state index in [1.54, 1.807) is 0 Å². The summed E-state index contributed by atoms with van der Waals surface area (Å²) in [6, 6.07) is 4.40. The fourth-order valence-electron chi connectivity index (χ4n) is 5.85. The first-order chi connectivity index (χ1) is 9.13. The van der Waals surface area contributed by atoms with E-state index in [0.717, 1.165) is 24.1 Å². The topological polar surface area (TPSA) is 25.2 Å². The van der Waals surface area contributed by atoms with Gasteiger partial charge in [0.2, 0.25) is 0 Å². The highest BCUT2D eigenvalue weighted by Gasteiger charge is 2.58. The molecule has 4 fully saturated rings. The minimum absolute atomic E-state index is 0.348. The molecule has 2 atom stereocenters. The molecule has 0 aromatic carbocycles. The van der Waals surface area contributed by atoms with Gasteiger partial charge in [-0.2, -0.15) is 0 Å². The second kappa shape index (κ2) is 3.88. The number of hydrogen-bond acceptors (Lipinski definition) is 2. The fourth-order valence-corrected chi connectivity index (χ4v) is 5.85. The number of hydrogen-bond donors (Lipinski definition) is 1. The van der Waals surface area contributed by atoms with Crippen LogP contribution in [-0.4, -0.2) is 12.1 Å². The van der Waals surface area contributed by atoms with Crippen LogP contribution >= 0.6 is 0 Å². The van der Waals surface area contributed by atoms with E-state index in [1.165, 1.54) is 44.3 Å². The van der Waals surface area contributed by atoms with Crippen LogP contribution in [0.1, 0.15) is 57.0 Å². The second-order valence-corrected chi connectivity index (χ2v) is 7.46. The number of rotatable bonds is 3. The molecule has 0 saturated heterocycles. The first-order valence-electron chi connectivity index (χ1n) is 7.95. The van der Waals surface area contributed by atoms with Gasteiger partial charge in [0.25, 0.3) is 0 Å². The Morgan fingerprint density at radius 2 is 1.95 bits per heavy atom. The summed E-state index contributed by atoms with van der Waals surface area (Å²) in [5.41, 5.74) is 0.764. The third kappa shape index (κ3) is 1.72. The van der Waals surface area contributed by atoms with E-state index in [1.807, 2.05) is 0 Å². The lowest BCUT2D eigenvalue weighted by atomic mass is 9.46. The van der Waals surface area contributed by atoms with Crippen LogP contribution < -0.4 is 5.32 Å². The monoisotopic (exact) mass is 259 g/mol. The van der Waals surface area contributed by atoms with Gasteiger partial charge in [-0.05, 0) is 76.0 Å². The predicted octanol–water partition coefficient (Wildman–Crippen LogP) is 3.79. The zero-order valence-electron chi connectivity index (χ0n) is 12.2. The summed E-state index contributed by atoms with van der Waals surface area (Å²) in [7, 11) is 0. The van der Waals surface area contributed by atoms with E-state index in [4.69, 9.17) is 4.42 Å². The Balaban J connectivity index is 1.73. The Bertz CT molecular complexity index is 475. The van der Waals surface area contributed by atoms with Crippen LogP contribution in [0.15, 0.2) is 16.5 Å². The molecule has 2 heteroatoms. The molecule has 4 bridgehead atoms. The zero-order valence-corrected chi connectivity index (χ0v) is 12.2. The maximum Gasteiger partial charge on any atom is 0.110 e. The zero-order chi connectivity index (χ0) is 13.1. The van der Waals surface area contributed by atoms with Gasteiger partial charge in [-0.25, -0.2) is 0 Å². The lowest BCUT2D eigenvalue weighted by molar-refractivity contribution is -0.0481. The van der Waals surface area contributed by atoms with Crippen molar-refractivity contribution >= 4 is 0 Å². The van der Waals surface area contributed by atoms with Gasteiger partial charge in [0, 0.05) is 11.0 Å². The minimum atomic E-state index is 0.348. The van der Waals surface area contributed by atoms with Crippen molar-refractivity contribution in [3.63, 3.8) is 0 Å². The highest BCUT2D eigenvalue weighted by Crippen LogP contribution is 2.62. The highest BCUT2D eigenvalue weighted by atomic mass is 16.3. The molecule has 0 radical (unpaired) electrons. The van der Waals surface area contributed by atoms with E-state index in [0.29, 0.717) is 11.0 Å². The Hall–Kier alpha value is -0.760. The van der Waals surface area contributed by atoms with E-state index in [2.05, 4.69) is 31.3 Å². The van der Waals surface area contributed by atoms with E-state index < -0.39 is 0 Å². The lowest BCUT2D eigenvalue weighted by Crippen LogP contribution is -2.63. The standard InChI is InChI=1S/C17H25NO/c1-3-18-17-9-13-6-14(10-17)8-16(7-13,11-17)15-5-4-12(2)19-15/h4-5,13-14,18H,3,6-11H2,1-2H3. The van der Waals surface area contributed by atoms with Gasteiger partial charge in [0.1, 0.15) is 11.5 Å². The van der Waals surface area contributed by atoms with Crippen molar-refractivity contribution in [3.05, 3.63) is 23.7 Å². The van der Waals surface area contributed by atoms with Crippen LogP contribution in [0.5, 0.6) is 0 Å². The van der Waals surface area contributed by atoms with Crippen molar-refractivity contribution in [2.24, 2.45) is 11.8 Å². The smallest absolute Gasteiger partial charge is 0.110 e. The molecular formula is C17H25NO. The van der Waals surface area contributed by atoms with E-state index in [9.17, 15) is 0 Å². The van der Waals surface area contributed by atoms with Crippen LogP contribution in [0.2, 0.25) is 0 Å². The molecule has 1 heterocycles. The number of furan rings is 1. The molecule has 2 unspecified atom stereocenters. The number of nitrogens with one attached hydrogen (secondary N) is 1. The Morgan fingerprint density at radius 3 is 2.53 bits per heavy atom. The molecule has 5 rings (SSSR count). The Morgan fingerprint density at radius 1 is 1.21 bits per heavy atom. The Labute approximate surface area is 116 Å². The van der Waals surface area contributed by atoms with Crippen molar-refractivity contribution in [1.29, 1.82) is 0 Å². The third-order valence-corrected chi connectivity index (χ3v) is 5.88. The van der Waals surface area contributed by atoms with E-state index >= 15 is 0 Å². The summed E-state index contributed by atoms with van der Waals surface area (Å²) in [5, 5.41) is 3.85. The quantitative estimate of drug-likeness (QED) is 0.893. The largest absolute Gasteiger partial charge is 0.466 e. The molecule has 0 aliphatic heterocycles. The minimum Gasteiger partial charge on any atom is -0.466 e. The van der Waals surface area contributed by atoms with Crippen molar-refractivity contribution in [3.8, 4) is 0 Å². The van der Waals surface area contributed by atoms with Gasteiger partial charge in [-0.3, -0.25) is 0 Å². The number of aryl methyl sites for hydroxylation is 1. The van der Waals surface area contributed by atoms with Gasteiger partial charge < -0.3 is 9.73 Å².